The van der Waals surface area contributed by atoms with Gasteiger partial charge in [-0.1, -0.05) is 25.4 Å². The van der Waals surface area contributed by atoms with Crippen LogP contribution in [0, 0.1) is 19.8 Å². The Hall–Kier alpha value is -0.770. The summed E-state index contributed by atoms with van der Waals surface area (Å²) in [6.45, 7) is 10.1. The van der Waals surface area contributed by atoms with Gasteiger partial charge in [0, 0.05) is 10.6 Å². The van der Waals surface area contributed by atoms with Crippen molar-refractivity contribution in [1.82, 2.24) is 0 Å². The predicted octanol–water partition coefficient (Wildman–Crippen LogP) is 3.38. The van der Waals surface area contributed by atoms with E-state index >= 15 is 0 Å². The van der Waals surface area contributed by atoms with E-state index in [1.165, 1.54) is 0 Å². The largest absolute Gasteiger partial charge is 0.493 e. The number of hydrogen-bond donors (Lipinski definition) is 2. The van der Waals surface area contributed by atoms with Crippen molar-refractivity contribution in [3.8, 4) is 5.75 Å². The van der Waals surface area contributed by atoms with Crippen molar-refractivity contribution in [3.63, 3.8) is 0 Å². The first kappa shape index (κ1) is 17.3. The molecule has 4 heteroatoms. The summed E-state index contributed by atoms with van der Waals surface area (Å²) in [4.78, 5) is 0. The molecule has 0 aliphatic heterocycles. The monoisotopic (exact) mass is 298 g/mol. The van der Waals surface area contributed by atoms with Gasteiger partial charge in [-0.05, 0) is 62.4 Å². The summed E-state index contributed by atoms with van der Waals surface area (Å²) in [5.74, 6) is 1.39. The molecule has 1 unspecified atom stereocenters. The molecule has 4 N–H and O–H groups in total. The summed E-state index contributed by atoms with van der Waals surface area (Å²) in [5, 5.41) is 0.809. The Balaban J connectivity index is 3.29. The van der Waals surface area contributed by atoms with Gasteiger partial charge in [-0.3, -0.25) is 0 Å². The quantitative estimate of drug-likeness (QED) is 0.811. The lowest BCUT2D eigenvalue weighted by atomic mass is 9.84. The first-order valence-electron chi connectivity index (χ1n) is 7.30. The Labute approximate surface area is 127 Å². The van der Waals surface area contributed by atoms with Crippen molar-refractivity contribution >= 4 is 11.6 Å². The second kappa shape index (κ2) is 7.87. The number of benzene rings is 1. The molecule has 0 heterocycles. The van der Waals surface area contributed by atoms with E-state index in [0.29, 0.717) is 19.7 Å². The van der Waals surface area contributed by atoms with Gasteiger partial charge in [-0.25, -0.2) is 0 Å². The summed E-state index contributed by atoms with van der Waals surface area (Å²) >= 11 is 6.41. The molecular weight excluding hydrogens is 272 g/mol. The lowest BCUT2D eigenvalue weighted by molar-refractivity contribution is 0.308. The molecule has 0 saturated carbocycles. The van der Waals surface area contributed by atoms with E-state index in [1.807, 2.05) is 19.9 Å². The van der Waals surface area contributed by atoms with Crippen molar-refractivity contribution in [1.29, 1.82) is 0 Å². The molecule has 1 atom stereocenters. The average molecular weight is 299 g/mol. The molecule has 0 spiro atoms. The zero-order valence-electron chi connectivity index (χ0n) is 13.0. The van der Waals surface area contributed by atoms with Crippen LogP contribution in [0.25, 0.3) is 0 Å². The van der Waals surface area contributed by atoms with Crippen LogP contribution in [0.2, 0.25) is 5.02 Å². The van der Waals surface area contributed by atoms with Crippen LogP contribution >= 0.6 is 11.6 Å². The van der Waals surface area contributed by atoms with Gasteiger partial charge in [0.25, 0.3) is 0 Å². The van der Waals surface area contributed by atoms with E-state index in [-0.39, 0.29) is 11.8 Å². The van der Waals surface area contributed by atoms with Gasteiger partial charge in [0.1, 0.15) is 5.75 Å². The van der Waals surface area contributed by atoms with Crippen LogP contribution in [-0.2, 0) is 0 Å². The second-order valence-electron chi connectivity index (χ2n) is 5.41. The molecule has 1 rings (SSSR count). The first-order chi connectivity index (χ1) is 9.47. The van der Waals surface area contributed by atoms with E-state index in [9.17, 15) is 0 Å². The minimum Gasteiger partial charge on any atom is -0.493 e. The number of aryl methyl sites for hydroxylation is 1. The van der Waals surface area contributed by atoms with E-state index < -0.39 is 0 Å². The van der Waals surface area contributed by atoms with Crippen LogP contribution < -0.4 is 16.2 Å². The molecule has 3 nitrogen and oxygen atoms in total. The van der Waals surface area contributed by atoms with Gasteiger partial charge in [-0.2, -0.15) is 0 Å². The number of ether oxygens (including phenoxy) is 1. The van der Waals surface area contributed by atoms with Crippen LogP contribution in [0.4, 0.5) is 0 Å². The van der Waals surface area contributed by atoms with E-state index in [1.54, 1.807) is 0 Å². The predicted molar refractivity (Wildman–Crippen MR) is 86.7 cm³/mol. The topological polar surface area (TPSA) is 61.3 Å². The average Bonchev–Trinajstić information content (AvgIpc) is 2.43. The van der Waals surface area contributed by atoms with Gasteiger partial charge in [0.15, 0.2) is 0 Å². The van der Waals surface area contributed by atoms with Crippen LogP contribution in [-0.4, -0.2) is 19.7 Å². The molecule has 0 saturated heterocycles. The highest BCUT2D eigenvalue weighted by molar-refractivity contribution is 6.32. The third-order valence-corrected chi connectivity index (χ3v) is 4.50. The maximum atomic E-state index is 6.41. The Morgan fingerprint density at radius 1 is 1.25 bits per heavy atom. The number of rotatable bonds is 7. The minimum absolute atomic E-state index is 0.231. The molecule has 0 aliphatic rings. The van der Waals surface area contributed by atoms with Crippen LogP contribution in [0.15, 0.2) is 6.07 Å². The van der Waals surface area contributed by atoms with Crippen molar-refractivity contribution in [2.24, 2.45) is 17.4 Å². The standard InChI is InChI=1S/C16H27ClN2O/c1-5-6-20-14-7-10(2)16(17)12(4)15(14)11(3)13(8-18)9-19/h7,11,13H,5-6,8-9,18-19H2,1-4H3. The molecule has 20 heavy (non-hydrogen) atoms. The number of halogens is 1. The molecule has 0 fully saturated rings. The summed E-state index contributed by atoms with van der Waals surface area (Å²) in [7, 11) is 0. The van der Waals surface area contributed by atoms with Gasteiger partial charge in [-0.15, -0.1) is 0 Å². The maximum absolute atomic E-state index is 6.41. The Morgan fingerprint density at radius 3 is 2.35 bits per heavy atom. The molecular formula is C16H27ClN2O. The summed E-state index contributed by atoms with van der Waals surface area (Å²) < 4.78 is 5.92. The summed E-state index contributed by atoms with van der Waals surface area (Å²) in [6.07, 6.45) is 0.978. The lowest BCUT2D eigenvalue weighted by Gasteiger charge is -2.26. The molecule has 0 bridgehead atoms. The van der Waals surface area contributed by atoms with Crippen molar-refractivity contribution < 1.29 is 4.74 Å². The van der Waals surface area contributed by atoms with Crippen LogP contribution in [0.3, 0.4) is 0 Å². The Bertz CT molecular complexity index is 445. The highest BCUT2D eigenvalue weighted by atomic mass is 35.5. The van der Waals surface area contributed by atoms with E-state index in [0.717, 1.165) is 33.9 Å². The molecule has 0 aliphatic carbocycles. The fourth-order valence-electron chi connectivity index (χ4n) is 2.57. The number of hydrogen-bond acceptors (Lipinski definition) is 3. The molecule has 0 aromatic heterocycles. The number of nitrogens with two attached hydrogens (primary N) is 2. The van der Waals surface area contributed by atoms with Crippen LogP contribution in [0.5, 0.6) is 5.75 Å². The van der Waals surface area contributed by atoms with E-state index in [2.05, 4.69) is 13.8 Å². The highest BCUT2D eigenvalue weighted by Crippen LogP contribution is 2.39. The Kier molecular flexibility index (Phi) is 6.80. The first-order valence-corrected chi connectivity index (χ1v) is 7.68. The second-order valence-corrected chi connectivity index (χ2v) is 5.79. The fraction of sp³-hybridized carbons (Fsp3) is 0.625. The molecule has 1 aromatic rings. The zero-order chi connectivity index (χ0) is 15.3. The van der Waals surface area contributed by atoms with Crippen molar-refractivity contribution in [3.05, 3.63) is 27.8 Å². The van der Waals surface area contributed by atoms with Crippen molar-refractivity contribution in [2.45, 2.75) is 40.0 Å². The van der Waals surface area contributed by atoms with E-state index in [4.69, 9.17) is 27.8 Å². The molecule has 114 valence electrons. The highest BCUT2D eigenvalue weighted by Gasteiger charge is 2.24. The third kappa shape index (κ3) is 3.66. The smallest absolute Gasteiger partial charge is 0.123 e. The zero-order valence-corrected chi connectivity index (χ0v) is 13.8. The van der Waals surface area contributed by atoms with Gasteiger partial charge >= 0.3 is 0 Å². The van der Waals surface area contributed by atoms with Gasteiger partial charge in [0.05, 0.1) is 6.61 Å². The summed E-state index contributed by atoms with van der Waals surface area (Å²) in [5.41, 5.74) is 14.9. The maximum Gasteiger partial charge on any atom is 0.123 e. The lowest BCUT2D eigenvalue weighted by Crippen LogP contribution is -2.28. The van der Waals surface area contributed by atoms with Crippen LogP contribution in [0.1, 0.15) is 42.9 Å². The molecule has 1 aromatic carbocycles. The van der Waals surface area contributed by atoms with Gasteiger partial charge < -0.3 is 16.2 Å². The SMILES string of the molecule is CCCOc1cc(C)c(Cl)c(C)c1C(C)C(CN)CN. The Morgan fingerprint density at radius 2 is 1.85 bits per heavy atom. The molecule has 0 amide bonds. The third-order valence-electron chi connectivity index (χ3n) is 3.92. The summed E-state index contributed by atoms with van der Waals surface area (Å²) in [6, 6.07) is 2.03. The normalized spacial score (nSPS) is 12.8. The molecule has 0 radical (unpaired) electrons. The van der Waals surface area contributed by atoms with Crippen molar-refractivity contribution in [2.75, 3.05) is 19.7 Å². The van der Waals surface area contributed by atoms with Gasteiger partial charge in [0.2, 0.25) is 0 Å². The fourth-order valence-corrected chi connectivity index (χ4v) is 2.73. The minimum atomic E-state index is 0.231.